The Morgan fingerprint density at radius 1 is 1.08 bits per heavy atom. The Balaban J connectivity index is 2.19. The van der Waals surface area contributed by atoms with Gasteiger partial charge >= 0.3 is 5.97 Å². The van der Waals surface area contributed by atoms with E-state index in [0.717, 1.165) is 4.47 Å². The fraction of sp³-hybridized carbons (Fsp3) is 0.333. The molecular weight excluding hydrogens is 414 g/mol. The average molecular weight is 432 g/mol. The molecule has 3 N–H and O–H groups in total. The lowest BCUT2D eigenvalue weighted by Crippen LogP contribution is -2.49. The number of carbonyl (C=O) groups is 3. The third-order valence-corrected chi connectivity index (χ3v) is 3.35. The van der Waals surface area contributed by atoms with Crippen LogP contribution < -0.4 is 20.9 Å². The molecule has 10 heteroatoms. The van der Waals surface area contributed by atoms with Crippen molar-refractivity contribution in [1.29, 1.82) is 0 Å². The first-order valence-corrected chi connectivity index (χ1v) is 8.53. The molecule has 0 atom stereocenters. The Bertz CT molecular complexity index is 624. The average Bonchev–Trinajstić information content (AvgIpc) is 2.58. The molecule has 0 bridgehead atoms. The summed E-state index contributed by atoms with van der Waals surface area (Å²) in [5, 5.41) is 2.23. The van der Waals surface area contributed by atoms with Crippen molar-refractivity contribution in [2.75, 3.05) is 13.2 Å². The first-order chi connectivity index (χ1) is 11.9. The van der Waals surface area contributed by atoms with Crippen LogP contribution >= 0.6 is 28.1 Å². The molecule has 2 amide bonds. The third-order valence-electron chi connectivity index (χ3n) is 2.61. The largest absolute Gasteiger partial charge is 0.484 e. The quantitative estimate of drug-likeness (QED) is 0.338. The summed E-state index contributed by atoms with van der Waals surface area (Å²) >= 11 is 8.14. The van der Waals surface area contributed by atoms with Gasteiger partial charge in [0.1, 0.15) is 5.75 Å². The predicted molar refractivity (Wildman–Crippen MR) is 97.5 cm³/mol. The Morgan fingerprint density at radius 2 is 1.76 bits per heavy atom. The lowest BCUT2D eigenvalue weighted by atomic mass is 10.3. The number of halogens is 1. The second kappa shape index (κ2) is 11.4. The van der Waals surface area contributed by atoms with E-state index in [0.29, 0.717) is 5.75 Å². The highest BCUT2D eigenvalue weighted by molar-refractivity contribution is 9.10. The van der Waals surface area contributed by atoms with E-state index < -0.39 is 17.8 Å². The van der Waals surface area contributed by atoms with Crippen LogP contribution in [0.25, 0.3) is 0 Å². The zero-order chi connectivity index (χ0) is 18.7. The molecule has 0 radical (unpaired) electrons. The standard InChI is InChI=1S/C15H18BrN3O5S/c1-2-23-14(22)8-7-12(20)17-15(25)19-18-13(21)9-24-11-5-3-10(16)4-6-11/h3-6H,2,7-9H2,1H3,(H,18,21)(H2,17,19,20,25). The molecule has 1 aromatic carbocycles. The number of ether oxygens (including phenoxy) is 2. The van der Waals surface area contributed by atoms with Gasteiger partial charge in [-0.15, -0.1) is 0 Å². The third kappa shape index (κ3) is 9.62. The second-order valence-corrected chi connectivity index (χ2v) is 5.92. The van der Waals surface area contributed by atoms with E-state index in [1.165, 1.54) is 0 Å². The summed E-state index contributed by atoms with van der Waals surface area (Å²) in [5.74, 6) is -0.875. The number of amides is 2. The number of hydrogen-bond donors (Lipinski definition) is 3. The molecule has 0 aromatic heterocycles. The molecule has 1 aromatic rings. The monoisotopic (exact) mass is 431 g/mol. The van der Waals surface area contributed by atoms with E-state index in [-0.39, 0.29) is 31.2 Å². The summed E-state index contributed by atoms with van der Waals surface area (Å²) in [7, 11) is 0. The Kier molecular flexibility index (Phi) is 9.48. The van der Waals surface area contributed by atoms with Crippen LogP contribution in [0, 0.1) is 0 Å². The molecule has 1 rings (SSSR count). The minimum Gasteiger partial charge on any atom is -0.484 e. The first kappa shape index (κ1) is 20.8. The first-order valence-electron chi connectivity index (χ1n) is 7.33. The summed E-state index contributed by atoms with van der Waals surface area (Å²) in [6.45, 7) is 1.71. The van der Waals surface area contributed by atoms with Crippen LogP contribution in [0.3, 0.4) is 0 Å². The lowest BCUT2D eigenvalue weighted by Gasteiger charge is -2.11. The summed E-state index contributed by atoms with van der Waals surface area (Å²) in [4.78, 5) is 34.3. The number of thiocarbonyl (C=S) groups is 1. The van der Waals surface area contributed by atoms with Crippen molar-refractivity contribution in [2.45, 2.75) is 19.8 Å². The zero-order valence-corrected chi connectivity index (χ0v) is 15.9. The minimum absolute atomic E-state index is 0.0460. The van der Waals surface area contributed by atoms with Gasteiger partial charge in [0.2, 0.25) is 5.91 Å². The van der Waals surface area contributed by atoms with Crippen LogP contribution in [0.2, 0.25) is 0 Å². The van der Waals surface area contributed by atoms with Crippen LogP contribution in [-0.4, -0.2) is 36.1 Å². The SMILES string of the molecule is CCOC(=O)CCC(=O)NC(=S)NNC(=O)COc1ccc(Br)cc1. The van der Waals surface area contributed by atoms with Gasteiger partial charge in [-0.2, -0.15) is 0 Å². The van der Waals surface area contributed by atoms with Crippen LogP contribution in [0.4, 0.5) is 0 Å². The minimum atomic E-state index is -0.481. The zero-order valence-electron chi connectivity index (χ0n) is 13.5. The second-order valence-electron chi connectivity index (χ2n) is 4.60. The number of hydrogen-bond acceptors (Lipinski definition) is 6. The van der Waals surface area contributed by atoms with Gasteiger partial charge in [-0.05, 0) is 43.4 Å². The van der Waals surface area contributed by atoms with E-state index in [2.05, 4.69) is 32.1 Å². The van der Waals surface area contributed by atoms with Crippen LogP contribution in [0.1, 0.15) is 19.8 Å². The lowest BCUT2D eigenvalue weighted by molar-refractivity contribution is -0.144. The van der Waals surface area contributed by atoms with Crippen LogP contribution in [0.15, 0.2) is 28.7 Å². The van der Waals surface area contributed by atoms with Gasteiger partial charge in [-0.1, -0.05) is 15.9 Å². The van der Waals surface area contributed by atoms with Gasteiger partial charge in [0.05, 0.1) is 13.0 Å². The van der Waals surface area contributed by atoms with E-state index in [4.69, 9.17) is 21.7 Å². The van der Waals surface area contributed by atoms with Gasteiger partial charge < -0.3 is 14.8 Å². The number of benzene rings is 1. The summed E-state index contributed by atoms with van der Waals surface area (Å²) in [6.07, 6.45) is -0.114. The summed E-state index contributed by atoms with van der Waals surface area (Å²) in [5.41, 5.74) is 4.65. The number of nitrogens with one attached hydrogen (secondary N) is 3. The molecule has 0 unspecified atom stereocenters. The van der Waals surface area contributed by atoms with Crippen molar-refractivity contribution in [1.82, 2.24) is 16.2 Å². The molecular formula is C15H18BrN3O5S. The molecule has 0 fully saturated rings. The molecule has 0 aliphatic heterocycles. The Morgan fingerprint density at radius 3 is 2.40 bits per heavy atom. The number of rotatable bonds is 7. The molecule has 0 saturated carbocycles. The van der Waals surface area contributed by atoms with Crippen LogP contribution in [0.5, 0.6) is 5.75 Å². The smallest absolute Gasteiger partial charge is 0.306 e. The molecule has 0 spiro atoms. The molecule has 136 valence electrons. The fourth-order valence-electron chi connectivity index (χ4n) is 1.51. The fourth-order valence-corrected chi connectivity index (χ4v) is 1.94. The molecule has 25 heavy (non-hydrogen) atoms. The summed E-state index contributed by atoms with van der Waals surface area (Å²) in [6, 6.07) is 6.98. The highest BCUT2D eigenvalue weighted by Crippen LogP contribution is 2.15. The van der Waals surface area contributed by atoms with Crippen molar-refractivity contribution >= 4 is 51.0 Å². The number of esters is 1. The maximum atomic E-state index is 11.6. The molecule has 8 nitrogen and oxygen atoms in total. The summed E-state index contributed by atoms with van der Waals surface area (Å²) < 4.78 is 10.9. The van der Waals surface area contributed by atoms with Crippen molar-refractivity contribution in [3.8, 4) is 5.75 Å². The highest BCUT2D eigenvalue weighted by Gasteiger charge is 2.09. The topological polar surface area (TPSA) is 106 Å². The van der Waals surface area contributed by atoms with E-state index >= 15 is 0 Å². The van der Waals surface area contributed by atoms with E-state index in [1.807, 2.05) is 0 Å². The van der Waals surface area contributed by atoms with Gasteiger partial charge in [-0.3, -0.25) is 25.2 Å². The van der Waals surface area contributed by atoms with Gasteiger partial charge in [-0.25, -0.2) is 0 Å². The van der Waals surface area contributed by atoms with Crippen molar-refractivity contribution in [3.63, 3.8) is 0 Å². The molecule has 0 aliphatic carbocycles. The van der Waals surface area contributed by atoms with Gasteiger partial charge in [0, 0.05) is 10.9 Å². The Hall–Kier alpha value is -2.20. The van der Waals surface area contributed by atoms with E-state index in [1.54, 1.807) is 31.2 Å². The van der Waals surface area contributed by atoms with Gasteiger partial charge in [0.25, 0.3) is 5.91 Å². The molecule has 0 heterocycles. The normalized spacial score (nSPS) is 9.68. The van der Waals surface area contributed by atoms with Crippen molar-refractivity contribution in [2.24, 2.45) is 0 Å². The van der Waals surface area contributed by atoms with Crippen molar-refractivity contribution < 1.29 is 23.9 Å². The highest BCUT2D eigenvalue weighted by atomic mass is 79.9. The molecule has 0 aliphatic rings. The Labute approximate surface area is 158 Å². The van der Waals surface area contributed by atoms with Crippen LogP contribution in [-0.2, 0) is 19.1 Å². The number of carbonyl (C=O) groups excluding carboxylic acids is 3. The maximum Gasteiger partial charge on any atom is 0.306 e. The molecule has 0 saturated heterocycles. The predicted octanol–water partition coefficient (Wildman–Crippen LogP) is 1.19. The van der Waals surface area contributed by atoms with E-state index in [9.17, 15) is 14.4 Å². The van der Waals surface area contributed by atoms with Crippen molar-refractivity contribution in [3.05, 3.63) is 28.7 Å². The number of hydrazine groups is 1. The van der Waals surface area contributed by atoms with Gasteiger partial charge in [0.15, 0.2) is 11.7 Å². The maximum absolute atomic E-state index is 11.6.